The van der Waals surface area contributed by atoms with Gasteiger partial charge in [-0.1, -0.05) is 0 Å². The van der Waals surface area contributed by atoms with Crippen LogP contribution >= 0.6 is 0 Å². The van der Waals surface area contributed by atoms with Gasteiger partial charge in [-0.3, -0.25) is 4.79 Å². The van der Waals surface area contributed by atoms with E-state index in [1.54, 1.807) is 19.4 Å². The Kier molecular flexibility index (Phi) is 3.45. The van der Waals surface area contributed by atoms with Gasteiger partial charge in [0.1, 0.15) is 0 Å². The van der Waals surface area contributed by atoms with Crippen LogP contribution in [0.3, 0.4) is 0 Å². The van der Waals surface area contributed by atoms with Crippen molar-refractivity contribution in [1.82, 2.24) is 15.3 Å². The standard InChI is InChI=1S/C8H14N4O/c1-6(9)8(13)11-3-2-7-4-10-5-12-7/h4-6H,2-3,9H2,1H3,(H,10,12)(H,11,13)/t6-/m0/s1. The number of rotatable bonds is 4. The molecule has 5 heteroatoms. The largest absolute Gasteiger partial charge is 0.354 e. The zero-order valence-corrected chi connectivity index (χ0v) is 7.58. The minimum Gasteiger partial charge on any atom is -0.354 e. The number of nitrogens with two attached hydrogens (primary N) is 1. The molecule has 0 aromatic carbocycles. The lowest BCUT2D eigenvalue weighted by atomic mass is 10.3. The van der Waals surface area contributed by atoms with Gasteiger partial charge >= 0.3 is 0 Å². The van der Waals surface area contributed by atoms with Crippen LogP contribution in [0.25, 0.3) is 0 Å². The number of amides is 1. The quantitative estimate of drug-likeness (QED) is 0.582. The van der Waals surface area contributed by atoms with Crippen LogP contribution in [0.5, 0.6) is 0 Å². The molecule has 0 unspecified atom stereocenters. The molecule has 72 valence electrons. The number of carbonyl (C=O) groups is 1. The van der Waals surface area contributed by atoms with Gasteiger partial charge in [0.2, 0.25) is 5.91 Å². The Morgan fingerprint density at radius 1 is 1.85 bits per heavy atom. The van der Waals surface area contributed by atoms with E-state index in [-0.39, 0.29) is 5.91 Å². The molecule has 4 N–H and O–H groups in total. The summed E-state index contributed by atoms with van der Waals surface area (Å²) in [5, 5.41) is 2.70. The fourth-order valence-corrected chi connectivity index (χ4v) is 0.902. The lowest BCUT2D eigenvalue weighted by Gasteiger charge is -2.05. The maximum atomic E-state index is 11.0. The maximum absolute atomic E-state index is 11.0. The summed E-state index contributed by atoms with van der Waals surface area (Å²) < 4.78 is 0. The lowest BCUT2D eigenvalue weighted by Crippen LogP contribution is -2.39. The Balaban J connectivity index is 2.18. The van der Waals surface area contributed by atoms with Gasteiger partial charge in [-0.25, -0.2) is 4.98 Å². The van der Waals surface area contributed by atoms with E-state index in [4.69, 9.17) is 5.73 Å². The molecule has 1 aromatic rings. The molecule has 0 aliphatic heterocycles. The van der Waals surface area contributed by atoms with Gasteiger partial charge in [-0.15, -0.1) is 0 Å². The molecule has 0 aliphatic carbocycles. The van der Waals surface area contributed by atoms with Gasteiger partial charge in [0.05, 0.1) is 18.1 Å². The van der Waals surface area contributed by atoms with Crippen molar-refractivity contribution >= 4 is 5.91 Å². The van der Waals surface area contributed by atoms with Crippen LogP contribution in [-0.2, 0) is 11.2 Å². The number of imidazole rings is 1. The highest BCUT2D eigenvalue weighted by atomic mass is 16.2. The van der Waals surface area contributed by atoms with E-state index in [2.05, 4.69) is 15.3 Å². The third-order valence-corrected chi connectivity index (χ3v) is 1.65. The first-order valence-electron chi connectivity index (χ1n) is 4.21. The van der Waals surface area contributed by atoms with Crippen molar-refractivity contribution in [2.45, 2.75) is 19.4 Å². The van der Waals surface area contributed by atoms with Gasteiger partial charge in [0, 0.05) is 19.2 Å². The normalized spacial score (nSPS) is 12.5. The number of hydrogen-bond donors (Lipinski definition) is 3. The molecule has 1 rings (SSSR count). The van der Waals surface area contributed by atoms with Crippen LogP contribution in [0.2, 0.25) is 0 Å². The number of hydrogen-bond acceptors (Lipinski definition) is 3. The summed E-state index contributed by atoms with van der Waals surface area (Å²) in [6, 6.07) is -0.445. The first-order valence-corrected chi connectivity index (χ1v) is 4.21. The molecule has 5 nitrogen and oxygen atoms in total. The molecule has 1 atom stereocenters. The fraction of sp³-hybridized carbons (Fsp3) is 0.500. The molecule has 0 saturated heterocycles. The van der Waals surface area contributed by atoms with E-state index in [0.717, 1.165) is 12.1 Å². The first-order chi connectivity index (χ1) is 6.20. The van der Waals surface area contributed by atoms with Crippen molar-refractivity contribution in [2.24, 2.45) is 5.73 Å². The molecule has 0 bridgehead atoms. The average Bonchev–Trinajstić information content (AvgIpc) is 2.56. The van der Waals surface area contributed by atoms with Crippen molar-refractivity contribution in [3.05, 3.63) is 18.2 Å². The molecule has 0 saturated carbocycles. The Hall–Kier alpha value is -1.36. The van der Waals surface area contributed by atoms with Crippen molar-refractivity contribution in [1.29, 1.82) is 0 Å². The molecule has 13 heavy (non-hydrogen) atoms. The summed E-state index contributed by atoms with van der Waals surface area (Å²) in [5.74, 6) is -0.129. The minimum absolute atomic E-state index is 0.129. The predicted octanol–water partition coefficient (Wildman–Crippen LogP) is -0.584. The third-order valence-electron chi connectivity index (χ3n) is 1.65. The molecule has 1 heterocycles. The first kappa shape index (κ1) is 9.73. The van der Waals surface area contributed by atoms with E-state index < -0.39 is 6.04 Å². The summed E-state index contributed by atoms with van der Waals surface area (Å²) in [5.41, 5.74) is 6.30. The molecule has 0 fully saturated rings. The van der Waals surface area contributed by atoms with Crippen LogP contribution < -0.4 is 11.1 Å². The molecule has 0 radical (unpaired) electrons. The summed E-state index contributed by atoms with van der Waals surface area (Å²) in [6.07, 6.45) is 4.14. The van der Waals surface area contributed by atoms with Crippen molar-refractivity contribution in [2.75, 3.05) is 6.54 Å². The Morgan fingerprint density at radius 3 is 3.15 bits per heavy atom. The SMILES string of the molecule is C[C@H](N)C(=O)NCCc1c[nH]cn1. The summed E-state index contributed by atoms with van der Waals surface area (Å²) in [7, 11) is 0. The zero-order chi connectivity index (χ0) is 9.68. The predicted molar refractivity (Wildman–Crippen MR) is 49.0 cm³/mol. The zero-order valence-electron chi connectivity index (χ0n) is 7.58. The van der Waals surface area contributed by atoms with Gasteiger partial charge < -0.3 is 16.0 Å². The van der Waals surface area contributed by atoms with Crippen LogP contribution in [-0.4, -0.2) is 28.5 Å². The summed E-state index contributed by atoms with van der Waals surface area (Å²) >= 11 is 0. The van der Waals surface area contributed by atoms with Crippen molar-refractivity contribution in [3.8, 4) is 0 Å². The molecule has 1 aromatic heterocycles. The molecular weight excluding hydrogens is 168 g/mol. The van der Waals surface area contributed by atoms with Crippen molar-refractivity contribution in [3.63, 3.8) is 0 Å². The highest BCUT2D eigenvalue weighted by Crippen LogP contribution is 1.90. The Labute approximate surface area is 76.7 Å². The van der Waals surface area contributed by atoms with Crippen LogP contribution in [0.15, 0.2) is 12.5 Å². The van der Waals surface area contributed by atoms with E-state index in [9.17, 15) is 4.79 Å². The molecular formula is C8H14N4O. The third kappa shape index (κ3) is 3.25. The highest BCUT2D eigenvalue weighted by Gasteiger charge is 2.05. The van der Waals surface area contributed by atoms with Gasteiger partial charge in [-0.05, 0) is 6.92 Å². The van der Waals surface area contributed by atoms with E-state index >= 15 is 0 Å². The Morgan fingerprint density at radius 2 is 2.62 bits per heavy atom. The minimum atomic E-state index is -0.445. The number of nitrogens with one attached hydrogen (secondary N) is 2. The average molecular weight is 182 g/mol. The number of H-pyrrole nitrogens is 1. The van der Waals surface area contributed by atoms with E-state index in [1.165, 1.54) is 0 Å². The second kappa shape index (κ2) is 4.61. The number of aromatic nitrogens is 2. The molecule has 0 spiro atoms. The van der Waals surface area contributed by atoms with Crippen LogP contribution in [0.4, 0.5) is 0 Å². The van der Waals surface area contributed by atoms with E-state index in [0.29, 0.717) is 6.54 Å². The van der Waals surface area contributed by atoms with Gasteiger partial charge in [0.25, 0.3) is 0 Å². The van der Waals surface area contributed by atoms with Gasteiger partial charge in [-0.2, -0.15) is 0 Å². The molecule has 0 aliphatic rings. The monoisotopic (exact) mass is 182 g/mol. The topological polar surface area (TPSA) is 83.8 Å². The number of nitrogens with zero attached hydrogens (tertiary/aromatic N) is 1. The van der Waals surface area contributed by atoms with Crippen molar-refractivity contribution < 1.29 is 4.79 Å². The smallest absolute Gasteiger partial charge is 0.236 e. The van der Waals surface area contributed by atoms with Crippen LogP contribution in [0, 0.1) is 0 Å². The Bertz CT molecular complexity index is 255. The van der Waals surface area contributed by atoms with Gasteiger partial charge in [0.15, 0.2) is 0 Å². The fourth-order valence-electron chi connectivity index (χ4n) is 0.902. The van der Waals surface area contributed by atoms with E-state index in [1.807, 2.05) is 0 Å². The molecule has 1 amide bonds. The highest BCUT2D eigenvalue weighted by molar-refractivity contribution is 5.80. The second-order valence-corrected chi connectivity index (χ2v) is 2.89. The summed E-state index contributed by atoms with van der Waals surface area (Å²) in [6.45, 7) is 2.23. The summed E-state index contributed by atoms with van der Waals surface area (Å²) in [4.78, 5) is 17.9. The second-order valence-electron chi connectivity index (χ2n) is 2.89. The number of carbonyl (C=O) groups excluding carboxylic acids is 1. The van der Waals surface area contributed by atoms with Crippen LogP contribution in [0.1, 0.15) is 12.6 Å². The number of aromatic amines is 1. The maximum Gasteiger partial charge on any atom is 0.236 e. The lowest BCUT2D eigenvalue weighted by molar-refractivity contribution is -0.121.